The number of nitrogens with zero attached hydrogens (tertiary/aromatic N) is 1. The van der Waals surface area contributed by atoms with Gasteiger partial charge in [-0.3, -0.25) is 0 Å². The molecular formula is C21H22ClN3O2. The van der Waals surface area contributed by atoms with Crippen LogP contribution in [0.1, 0.15) is 35.3 Å². The zero-order valence-electron chi connectivity index (χ0n) is 15.1. The number of aromatic amines is 1. The molecule has 0 aliphatic carbocycles. The first-order valence-corrected chi connectivity index (χ1v) is 9.46. The first-order valence-electron chi connectivity index (χ1n) is 9.08. The Morgan fingerprint density at radius 1 is 1.33 bits per heavy atom. The van der Waals surface area contributed by atoms with Gasteiger partial charge in [-0.2, -0.15) is 0 Å². The number of fused-ring (bicyclic) bond motifs is 3. The van der Waals surface area contributed by atoms with E-state index >= 15 is 0 Å². The Morgan fingerprint density at radius 3 is 2.81 bits per heavy atom. The number of aromatic nitrogens is 1. The SMILES string of the molecule is CCOC(O)N1CCc2c([nH]c3ccc(Cl)cc23)C1c1ccc(C=N)cc1. The molecule has 140 valence electrons. The monoisotopic (exact) mass is 383 g/mol. The Hall–Kier alpha value is -2.18. The molecule has 0 bridgehead atoms. The molecule has 4 rings (SSSR count). The van der Waals surface area contributed by atoms with Crippen molar-refractivity contribution in [3.63, 3.8) is 0 Å². The van der Waals surface area contributed by atoms with Gasteiger partial charge < -0.3 is 20.2 Å². The third kappa shape index (κ3) is 3.28. The molecule has 0 spiro atoms. The van der Waals surface area contributed by atoms with E-state index in [9.17, 15) is 5.11 Å². The van der Waals surface area contributed by atoms with E-state index in [4.69, 9.17) is 21.7 Å². The number of hydrogen-bond donors (Lipinski definition) is 3. The molecule has 1 aliphatic heterocycles. The Bertz CT molecular complexity index is 967. The predicted octanol–water partition coefficient (Wildman–Crippen LogP) is 4.08. The second-order valence-electron chi connectivity index (χ2n) is 6.69. The maximum atomic E-state index is 10.6. The first kappa shape index (κ1) is 18.2. The Labute approximate surface area is 163 Å². The number of H-pyrrole nitrogens is 1. The van der Waals surface area contributed by atoms with Crippen LogP contribution in [0.2, 0.25) is 5.02 Å². The van der Waals surface area contributed by atoms with Crippen LogP contribution in [0.25, 0.3) is 10.9 Å². The highest BCUT2D eigenvalue weighted by Crippen LogP contribution is 2.39. The minimum Gasteiger partial charge on any atom is -0.357 e. The number of halogens is 1. The fourth-order valence-corrected chi connectivity index (χ4v) is 4.07. The van der Waals surface area contributed by atoms with Crippen molar-refractivity contribution in [1.29, 1.82) is 5.41 Å². The normalized spacial score (nSPS) is 18.4. The maximum absolute atomic E-state index is 10.6. The van der Waals surface area contributed by atoms with Crippen molar-refractivity contribution < 1.29 is 9.84 Å². The molecule has 1 aliphatic rings. The summed E-state index contributed by atoms with van der Waals surface area (Å²) in [7, 11) is 0. The average molecular weight is 384 g/mol. The quantitative estimate of drug-likeness (QED) is 0.459. The van der Waals surface area contributed by atoms with Crippen molar-refractivity contribution in [3.05, 3.63) is 69.9 Å². The van der Waals surface area contributed by atoms with E-state index in [0.29, 0.717) is 18.2 Å². The molecule has 2 atom stereocenters. The molecule has 0 amide bonds. The molecule has 0 radical (unpaired) electrons. The van der Waals surface area contributed by atoms with Crippen LogP contribution in [0.4, 0.5) is 0 Å². The largest absolute Gasteiger partial charge is 0.357 e. The van der Waals surface area contributed by atoms with Gasteiger partial charge in [0, 0.05) is 41.0 Å². The molecule has 0 saturated carbocycles. The van der Waals surface area contributed by atoms with E-state index in [1.807, 2.05) is 54.3 Å². The molecule has 5 nitrogen and oxygen atoms in total. The highest BCUT2D eigenvalue weighted by atomic mass is 35.5. The maximum Gasteiger partial charge on any atom is 0.216 e. The molecule has 0 saturated heterocycles. The number of nitrogens with one attached hydrogen (secondary N) is 2. The predicted molar refractivity (Wildman–Crippen MR) is 108 cm³/mol. The molecule has 3 aromatic rings. The molecule has 1 aromatic heterocycles. The summed E-state index contributed by atoms with van der Waals surface area (Å²) in [4.78, 5) is 5.50. The molecule has 3 N–H and O–H groups in total. The summed E-state index contributed by atoms with van der Waals surface area (Å²) in [5.41, 5.74) is 5.21. The minimum absolute atomic E-state index is 0.166. The number of aliphatic hydroxyl groups excluding tert-OH is 1. The van der Waals surface area contributed by atoms with Gasteiger partial charge in [0.2, 0.25) is 6.41 Å². The minimum atomic E-state index is -0.981. The van der Waals surface area contributed by atoms with Crippen LogP contribution < -0.4 is 0 Å². The zero-order valence-corrected chi connectivity index (χ0v) is 15.8. The molecule has 27 heavy (non-hydrogen) atoms. The van der Waals surface area contributed by atoms with E-state index in [2.05, 4.69) is 4.98 Å². The van der Waals surface area contributed by atoms with E-state index < -0.39 is 6.41 Å². The summed E-state index contributed by atoms with van der Waals surface area (Å²) in [5, 5.41) is 19.8. The molecule has 0 fully saturated rings. The van der Waals surface area contributed by atoms with Crippen LogP contribution in [-0.4, -0.2) is 40.8 Å². The van der Waals surface area contributed by atoms with Gasteiger partial charge in [0.15, 0.2) is 0 Å². The number of rotatable bonds is 5. The molecular weight excluding hydrogens is 362 g/mol. The van der Waals surface area contributed by atoms with Crippen molar-refractivity contribution in [3.8, 4) is 0 Å². The second kappa shape index (κ2) is 7.44. The van der Waals surface area contributed by atoms with Gasteiger partial charge in [0.25, 0.3) is 0 Å². The van der Waals surface area contributed by atoms with Gasteiger partial charge in [-0.1, -0.05) is 35.9 Å². The van der Waals surface area contributed by atoms with Crippen LogP contribution in [0.15, 0.2) is 42.5 Å². The fraction of sp³-hybridized carbons (Fsp3) is 0.286. The van der Waals surface area contributed by atoms with Gasteiger partial charge in [0.1, 0.15) is 0 Å². The molecule has 2 unspecified atom stereocenters. The number of hydrogen-bond acceptors (Lipinski definition) is 4. The van der Waals surface area contributed by atoms with Crippen LogP contribution in [0, 0.1) is 5.41 Å². The Morgan fingerprint density at radius 2 is 2.11 bits per heavy atom. The lowest BCUT2D eigenvalue weighted by Gasteiger charge is -2.38. The van der Waals surface area contributed by atoms with Gasteiger partial charge >= 0.3 is 0 Å². The summed E-state index contributed by atoms with van der Waals surface area (Å²) >= 11 is 6.22. The van der Waals surface area contributed by atoms with Crippen molar-refractivity contribution in [2.45, 2.75) is 25.8 Å². The summed E-state index contributed by atoms with van der Waals surface area (Å²) in [6, 6.07) is 13.6. The van der Waals surface area contributed by atoms with E-state index in [1.165, 1.54) is 11.8 Å². The topological polar surface area (TPSA) is 72.3 Å². The van der Waals surface area contributed by atoms with Crippen molar-refractivity contribution in [2.75, 3.05) is 13.2 Å². The van der Waals surface area contributed by atoms with Crippen LogP contribution >= 0.6 is 11.6 Å². The second-order valence-corrected chi connectivity index (χ2v) is 7.13. The summed E-state index contributed by atoms with van der Waals surface area (Å²) in [6.07, 6.45) is 1.15. The van der Waals surface area contributed by atoms with Crippen molar-refractivity contribution >= 4 is 28.7 Å². The van der Waals surface area contributed by atoms with Crippen molar-refractivity contribution in [2.24, 2.45) is 0 Å². The number of ether oxygens (including phenoxy) is 1. The average Bonchev–Trinajstić information content (AvgIpc) is 3.05. The lowest BCUT2D eigenvalue weighted by atomic mass is 9.92. The van der Waals surface area contributed by atoms with Crippen LogP contribution in [0.3, 0.4) is 0 Å². The van der Waals surface area contributed by atoms with Crippen molar-refractivity contribution in [1.82, 2.24) is 9.88 Å². The zero-order chi connectivity index (χ0) is 19.0. The molecule has 2 aromatic carbocycles. The Kier molecular flexibility index (Phi) is 5.02. The number of benzene rings is 2. The summed E-state index contributed by atoms with van der Waals surface area (Å²) in [6.45, 7) is 2.98. The summed E-state index contributed by atoms with van der Waals surface area (Å²) < 4.78 is 5.50. The third-order valence-electron chi connectivity index (χ3n) is 5.14. The fourth-order valence-electron chi connectivity index (χ4n) is 3.89. The van der Waals surface area contributed by atoms with Crippen LogP contribution in [-0.2, 0) is 11.2 Å². The van der Waals surface area contributed by atoms with Gasteiger partial charge in [-0.25, -0.2) is 4.90 Å². The highest BCUT2D eigenvalue weighted by molar-refractivity contribution is 6.31. The standard InChI is InChI=1S/C21H22ClN3O2/c1-2-27-21(26)25-10-9-16-17-11-15(22)7-8-18(17)24-19(16)20(25)14-5-3-13(12-23)4-6-14/h3-8,11-12,20-21,23-24,26H,2,9-10H2,1H3. The smallest absolute Gasteiger partial charge is 0.216 e. The third-order valence-corrected chi connectivity index (χ3v) is 5.38. The van der Waals surface area contributed by atoms with Crippen LogP contribution in [0.5, 0.6) is 0 Å². The highest BCUT2D eigenvalue weighted by Gasteiger charge is 2.35. The van der Waals surface area contributed by atoms with E-state index in [-0.39, 0.29) is 6.04 Å². The molecule has 6 heteroatoms. The van der Waals surface area contributed by atoms with Gasteiger partial charge in [-0.15, -0.1) is 0 Å². The molecule has 2 heterocycles. The van der Waals surface area contributed by atoms with E-state index in [1.54, 1.807) is 0 Å². The van der Waals surface area contributed by atoms with E-state index in [0.717, 1.165) is 34.1 Å². The Balaban J connectivity index is 1.85. The number of aliphatic hydroxyl groups is 1. The van der Waals surface area contributed by atoms with Gasteiger partial charge in [0.05, 0.1) is 6.04 Å². The lowest BCUT2D eigenvalue weighted by molar-refractivity contribution is -0.202. The lowest BCUT2D eigenvalue weighted by Crippen LogP contribution is -2.44. The summed E-state index contributed by atoms with van der Waals surface area (Å²) in [5.74, 6) is 0. The van der Waals surface area contributed by atoms with Gasteiger partial charge in [-0.05, 0) is 48.2 Å². The first-order chi connectivity index (χ1) is 13.1.